The Morgan fingerprint density at radius 1 is 1.33 bits per heavy atom. The van der Waals surface area contributed by atoms with Crippen LogP contribution in [0.2, 0.25) is 0 Å². The van der Waals surface area contributed by atoms with Gasteiger partial charge in [0.15, 0.2) is 0 Å². The van der Waals surface area contributed by atoms with Gasteiger partial charge in [-0.15, -0.1) is 0 Å². The minimum absolute atomic E-state index is 0.966. The normalized spacial score (nSPS) is 10.3. The molecule has 2 nitrogen and oxygen atoms in total. The Bertz CT molecular complexity index is 293. The van der Waals surface area contributed by atoms with Crippen LogP contribution in [0.5, 0.6) is 0 Å². The van der Waals surface area contributed by atoms with E-state index in [4.69, 9.17) is 0 Å². The fraction of sp³-hybridized carbons (Fsp3) is 0.385. The summed E-state index contributed by atoms with van der Waals surface area (Å²) in [5.74, 6) is 0. The molecule has 0 saturated heterocycles. The third-order valence-electron chi connectivity index (χ3n) is 2.14. The third-order valence-corrected chi connectivity index (χ3v) is 2.14. The van der Waals surface area contributed by atoms with Gasteiger partial charge in [0.05, 0.1) is 0 Å². The van der Waals surface area contributed by atoms with Gasteiger partial charge in [-0.2, -0.15) is 0 Å². The summed E-state index contributed by atoms with van der Waals surface area (Å²) in [7, 11) is 2.11. The van der Waals surface area contributed by atoms with E-state index in [1.54, 1.807) is 0 Å². The lowest BCUT2D eigenvalue weighted by Gasteiger charge is -2.17. The quantitative estimate of drug-likeness (QED) is 0.717. The first-order valence-electron chi connectivity index (χ1n) is 5.30. The van der Waals surface area contributed by atoms with Gasteiger partial charge in [0.1, 0.15) is 0 Å². The van der Waals surface area contributed by atoms with Crippen LogP contribution < -0.4 is 5.32 Å². The molecule has 0 aromatic heterocycles. The molecule has 0 aliphatic carbocycles. The zero-order valence-corrected chi connectivity index (χ0v) is 9.66. The monoisotopic (exact) mass is 204 g/mol. The van der Waals surface area contributed by atoms with Crippen molar-refractivity contribution in [1.82, 2.24) is 4.90 Å². The summed E-state index contributed by atoms with van der Waals surface area (Å²) >= 11 is 0. The number of likely N-dealkylation sites (N-methyl/N-ethyl adjacent to an activating group) is 1. The van der Waals surface area contributed by atoms with Crippen molar-refractivity contribution in [1.29, 1.82) is 0 Å². The molecule has 0 radical (unpaired) electrons. The predicted molar refractivity (Wildman–Crippen MR) is 67.2 cm³/mol. The molecule has 0 fully saturated rings. The molecule has 2 heteroatoms. The van der Waals surface area contributed by atoms with Crippen molar-refractivity contribution in [2.24, 2.45) is 0 Å². The Morgan fingerprint density at radius 3 is 2.60 bits per heavy atom. The minimum Gasteiger partial charge on any atom is -0.384 e. The highest BCUT2D eigenvalue weighted by Crippen LogP contribution is 2.03. The van der Waals surface area contributed by atoms with Crippen molar-refractivity contribution in [2.75, 3.05) is 32.0 Å². The molecule has 0 spiro atoms. The number of benzene rings is 1. The van der Waals surface area contributed by atoms with Gasteiger partial charge in [-0.1, -0.05) is 30.4 Å². The van der Waals surface area contributed by atoms with E-state index in [-0.39, 0.29) is 0 Å². The van der Waals surface area contributed by atoms with E-state index in [9.17, 15) is 0 Å². The van der Waals surface area contributed by atoms with Crippen LogP contribution in [0, 0.1) is 0 Å². The smallest absolute Gasteiger partial charge is 0.0340 e. The molecule has 82 valence electrons. The third kappa shape index (κ3) is 5.23. The number of anilines is 1. The number of nitrogens with zero attached hydrogens (tertiary/aromatic N) is 1. The van der Waals surface area contributed by atoms with Gasteiger partial charge in [0, 0.05) is 25.3 Å². The van der Waals surface area contributed by atoms with Gasteiger partial charge >= 0.3 is 0 Å². The summed E-state index contributed by atoms with van der Waals surface area (Å²) in [6.45, 7) is 8.92. The molecule has 0 aliphatic heterocycles. The molecule has 0 aliphatic rings. The summed E-state index contributed by atoms with van der Waals surface area (Å²) in [6, 6.07) is 10.3. The van der Waals surface area contributed by atoms with Gasteiger partial charge in [0.25, 0.3) is 0 Å². The average Bonchev–Trinajstić information content (AvgIpc) is 2.18. The van der Waals surface area contributed by atoms with Crippen LogP contribution in [0.3, 0.4) is 0 Å². The molecule has 0 bridgehead atoms. The van der Waals surface area contributed by atoms with Gasteiger partial charge in [-0.3, -0.25) is 0 Å². The Hall–Kier alpha value is -1.28. The van der Waals surface area contributed by atoms with Crippen LogP contribution in [0.1, 0.15) is 6.92 Å². The average molecular weight is 204 g/mol. The van der Waals surface area contributed by atoms with Gasteiger partial charge in [0.2, 0.25) is 0 Å². The van der Waals surface area contributed by atoms with E-state index in [0.29, 0.717) is 0 Å². The summed E-state index contributed by atoms with van der Waals surface area (Å²) in [5.41, 5.74) is 2.39. The predicted octanol–water partition coefficient (Wildman–Crippen LogP) is 2.61. The molecule has 0 amide bonds. The maximum atomic E-state index is 3.90. The lowest BCUT2D eigenvalue weighted by Crippen LogP contribution is -2.26. The minimum atomic E-state index is 0.966. The van der Waals surface area contributed by atoms with Crippen LogP contribution in [0.15, 0.2) is 42.5 Å². The number of hydrogen-bond donors (Lipinski definition) is 1. The van der Waals surface area contributed by atoms with Crippen molar-refractivity contribution in [3.05, 3.63) is 42.5 Å². The molecular formula is C13H20N2. The van der Waals surface area contributed by atoms with Crippen LogP contribution in [-0.4, -0.2) is 31.6 Å². The Labute approximate surface area is 92.6 Å². The molecule has 1 rings (SSSR count). The zero-order chi connectivity index (χ0) is 11.1. The van der Waals surface area contributed by atoms with Crippen LogP contribution in [-0.2, 0) is 0 Å². The summed E-state index contributed by atoms with van der Waals surface area (Å²) in [6.07, 6.45) is 0. The molecule has 1 aromatic carbocycles. The molecule has 1 aromatic rings. The highest BCUT2D eigenvalue weighted by Gasteiger charge is 1.97. The van der Waals surface area contributed by atoms with Gasteiger partial charge in [-0.05, 0) is 26.1 Å². The first-order chi connectivity index (χ1) is 7.18. The zero-order valence-electron chi connectivity index (χ0n) is 9.66. The molecule has 0 saturated carbocycles. The number of hydrogen-bond acceptors (Lipinski definition) is 2. The molecule has 0 unspecified atom stereocenters. The lowest BCUT2D eigenvalue weighted by molar-refractivity contribution is 0.377. The second-order valence-corrected chi connectivity index (χ2v) is 3.99. The largest absolute Gasteiger partial charge is 0.384 e. The van der Waals surface area contributed by atoms with E-state index in [2.05, 4.69) is 42.9 Å². The number of rotatable bonds is 6. The first-order valence-corrected chi connectivity index (χ1v) is 5.30. The standard InChI is InChI=1S/C13H20N2/c1-12(2)11-15(3)10-9-14-13-7-5-4-6-8-13/h4-8,14H,1,9-11H2,2-3H3. The second kappa shape index (κ2) is 6.25. The summed E-state index contributed by atoms with van der Waals surface area (Å²) in [5, 5.41) is 3.38. The Balaban J connectivity index is 2.19. The molecular weight excluding hydrogens is 184 g/mol. The van der Waals surface area contributed by atoms with E-state index < -0.39 is 0 Å². The fourth-order valence-corrected chi connectivity index (χ4v) is 1.49. The van der Waals surface area contributed by atoms with Gasteiger partial charge < -0.3 is 10.2 Å². The molecule has 1 N–H and O–H groups in total. The van der Waals surface area contributed by atoms with Crippen molar-refractivity contribution < 1.29 is 0 Å². The molecule has 15 heavy (non-hydrogen) atoms. The van der Waals surface area contributed by atoms with Crippen molar-refractivity contribution in [2.45, 2.75) is 6.92 Å². The van der Waals surface area contributed by atoms with Gasteiger partial charge in [-0.25, -0.2) is 0 Å². The second-order valence-electron chi connectivity index (χ2n) is 3.99. The van der Waals surface area contributed by atoms with Crippen molar-refractivity contribution in [3.8, 4) is 0 Å². The topological polar surface area (TPSA) is 15.3 Å². The lowest BCUT2D eigenvalue weighted by atomic mass is 10.3. The van der Waals surface area contributed by atoms with Crippen molar-refractivity contribution >= 4 is 5.69 Å². The number of nitrogens with one attached hydrogen (secondary N) is 1. The van der Waals surface area contributed by atoms with E-state index in [0.717, 1.165) is 19.6 Å². The molecule has 0 heterocycles. The van der Waals surface area contributed by atoms with Crippen LogP contribution in [0.4, 0.5) is 5.69 Å². The Morgan fingerprint density at radius 2 is 2.00 bits per heavy atom. The summed E-state index contributed by atoms with van der Waals surface area (Å²) in [4.78, 5) is 2.26. The number of para-hydroxylation sites is 1. The highest BCUT2D eigenvalue weighted by atomic mass is 15.1. The first kappa shape index (κ1) is 11.8. The van der Waals surface area contributed by atoms with E-state index >= 15 is 0 Å². The fourth-order valence-electron chi connectivity index (χ4n) is 1.49. The summed E-state index contributed by atoms with van der Waals surface area (Å²) < 4.78 is 0. The van der Waals surface area contributed by atoms with E-state index in [1.807, 2.05) is 18.2 Å². The van der Waals surface area contributed by atoms with Crippen molar-refractivity contribution in [3.63, 3.8) is 0 Å². The Kier molecular flexibility index (Phi) is 4.91. The van der Waals surface area contributed by atoms with Crippen LogP contribution >= 0.6 is 0 Å². The maximum Gasteiger partial charge on any atom is 0.0340 e. The van der Waals surface area contributed by atoms with E-state index in [1.165, 1.54) is 11.3 Å². The van der Waals surface area contributed by atoms with Crippen LogP contribution in [0.25, 0.3) is 0 Å². The maximum absolute atomic E-state index is 3.90. The molecule has 0 atom stereocenters. The SMILES string of the molecule is C=C(C)CN(C)CCNc1ccccc1. The highest BCUT2D eigenvalue weighted by molar-refractivity contribution is 5.42.